The number of hydrogen-bond acceptors (Lipinski definition) is 7. The van der Waals surface area contributed by atoms with Crippen LogP contribution in [0.4, 0.5) is 0 Å². The third-order valence-electron chi connectivity index (χ3n) is 6.82. The van der Waals surface area contributed by atoms with Crippen molar-refractivity contribution in [2.24, 2.45) is 11.8 Å². The molecular formula is C29H30N6O4. The first-order valence-corrected chi connectivity index (χ1v) is 12.7. The molecule has 1 aromatic carbocycles. The van der Waals surface area contributed by atoms with Gasteiger partial charge in [-0.2, -0.15) is 15.6 Å². The van der Waals surface area contributed by atoms with Crippen LogP contribution < -0.4 is 10.1 Å². The van der Waals surface area contributed by atoms with Crippen molar-refractivity contribution >= 4 is 28.3 Å². The summed E-state index contributed by atoms with van der Waals surface area (Å²) in [6.07, 6.45) is 4.26. The minimum absolute atomic E-state index is 0.104. The molecule has 10 nitrogen and oxygen atoms in total. The third-order valence-corrected chi connectivity index (χ3v) is 6.82. The number of likely N-dealkylation sites (tertiary alicyclic amines) is 1. The monoisotopic (exact) mass is 526 g/mol. The van der Waals surface area contributed by atoms with Crippen molar-refractivity contribution in [2.75, 3.05) is 20.1 Å². The van der Waals surface area contributed by atoms with Gasteiger partial charge in [0.05, 0.1) is 35.4 Å². The fourth-order valence-electron chi connectivity index (χ4n) is 4.31. The molecule has 1 aliphatic heterocycles. The van der Waals surface area contributed by atoms with Crippen molar-refractivity contribution in [2.45, 2.75) is 34.1 Å². The zero-order chi connectivity index (χ0) is 28.3. The van der Waals surface area contributed by atoms with E-state index in [1.54, 1.807) is 60.0 Å². The van der Waals surface area contributed by atoms with Crippen molar-refractivity contribution in [1.29, 1.82) is 10.5 Å². The van der Waals surface area contributed by atoms with Crippen molar-refractivity contribution < 1.29 is 18.7 Å². The van der Waals surface area contributed by atoms with Gasteiger partial charge >= 0.3 is 0 Å². The molecular weight excluding hydrogens is 496 g/mol. The maximum Gasteiger partial charge on any atom is 0.255 e. The highest BCUT2D eigenvalue weighted by molar-refractivity contribution is 6.07. The number of benzene rings is 1. The minimum Gasteiger partial charge on any atom is -0.460 e. The van der Waals surface area contributed by atoms with Crippen molar-refractivity contribution in [3.8, 4) is 23.6 Å². The number of aryl methyl sites for hydroxylation is 2. The molecule has 1 saturated heterocycles. The first-order valence-electron chi connectivity index (χ1n) is 12.7. The Balaban J connectivity index is 0.000000531. The fraction of sp³-hybridized carbons (Fsp3) is 0.345. The minimum atomic E-state index is -0.208. The Morgan fingerprint density at radius 3 is 2.62 bits per heavy atom. The van der Waals surface area contributed by atoms with Crippen LogP contribution in [0.25, 0.3) is 16.5 Å². The Morgan fingerprint density at radius 2 is 2.00 bits per heavy atom. The van der Waals surface area contributed by atoms with Crippen LogP contribution in [-0.2, 0) is 0 Å². The zero-order valence-electron chi connectivity index (χ0n) is 22.6. The highest BCUT2D eigenvalue weighted by Crippen LogP contribution is 2.34. The Hall–Kier alpha value is -4.83. The number of fused-ring (bicyclic) bond motifs is 2. The van der Waals surface area contributed by atoms with E-state index in [-0.39, 0.29) is 23.7 Å². The molecule has 3 aromatic heterocycles. The molecule has 0 radical (unpaired) electrons. The number of carbonyl (C=O) groups is 2. The number of hydrogen-bond donors (Lipinski definition) is 1. The number of aromatic nitrogens is 2. The van der Waals surface area contributed by atoms with Gasteiger partial charge < -0.3 is 19.4 Å². The number of carbonyl (C=O) groups excluding carboxylic acids is 2. The largest absolute Gasteiger partial charge is 0.460 e. The number of nitrogens with zero attached hydrogens (tertiary/aromatic N) is 5. The summed E-state index contributed by atoms with van der Waals surface area (Å²) >= 11 is 0. The van der Waals surface area contributed by atoms with Gasteiger partial charge in [0, 0.05) is 49.8 Å². The van der Waals surface area contributed by atoms with E-state index >= 15 is 0 Å². The van der Waals surface area contributed by atoms with E-state index in [1.807, 2.05) is 20.8 Å². The Morgan fingerprint density at radius 1 is 1.26 bits per heavy atom. The molecule has 1 atom stereocenters. The second-order valence-electron chi connectivity index (χ2n) is 9.50. The van der Waals surface area contributed by atoms with Crippen LogP contribution in [0.3, 0.4) is 0 Å². The molecule has 0 spiro atoms. The molecule has 0 saturated carbocycles. The summed E-state index contributed by atoms with van der Waals surface area (Å²) in [4.78, 5) is 26.7. The zero-order valence-corrected chi connectivity index (χ0v) is 22.6. The van der Waals surface area contributed by atoms with Crippen LogP contribution in [-0.4, -0.2) is 46.5 Å². The standard InChI is InChI=1S/C24H21N5O4.C5H9N/c1-13-18(24(31)28-10-15(9-25)11-28)12-29-22(13)19(6-7-27-29)33-16-4-5-17-20(8-16)32-14(2)21(17)23(30)26-3;1-3-5(2)4-6/h4-8,12,15H,10-11H2,1-3H3,(H,26,30);5H,3H2,1-2H3. The summed E-state index contributed by atoms with van der Waals surface area (Å²) in [5.41, 5.74) is 3.00. The van der Waals surface area contributed by atoms with Crippen LogP contribution in [0, 0.1) is 48.3 Å². The SMILES string of the molecule is CCC(C)C#N.CNC(=O)c1c(C)oc2cc(Oc3ccnn4cc(C(=O)N5CC(C#N)C5)c(C)c34)ccc12. The second kappa shape index (κ2) is 11.3. The smallest absolute Gasteiger partial charge is 0.255 e. The number of nitrogens with one attached hydrogen (secondary N) is 1. The second-order valence-corrected chi connectivity index (χ2v) is 9.50. The molecule has 10 heteroatoms. The molecule has 4 aromatic rings. The maximum absolute atomic E-state index is 12.9. The number of furan rings is 1. The van der Waals surface area contributed by atoms with Crippen LogP contribution in [0.15, 0.2) is 41.1 Å². The van der Waals surface area contributed by atoms with Crippen LogP contribution in [0.2, 0.25) is 0 Å². The van der Waals surface area contributed by atoms with Gasteiger partial charge in [0.1, 0.15) is 22.6 Å². The van der Waals surface area contributed by atoms with E-state index in [9.17, 15) is 9.59 Å². The van der Waals surface area contributed by atoms with Crippen molar-refractivity contribution in [3.05, 3.63) is 59.1 Å². The van der Waals surface area contributed by atoms with Gasteiger partial charge in [-0.1, -0.05) is 6.92 Å². The normalized spacial score (nSPS) is 13.6. The van der Waals surface area contributed by atoms with E-state index < -0.39 is 0 Å². The number of amides is 2. The first kappa shape index (κ1) is 27.2. The van der Waals surface area contributed by atoms with Crippen molar-refractivity contribution in [3.63, 3.8) is 0 Å². The van der Waals surface area contributed by atoms with Gasteiger partial charge in [-0.25, -0.2) is 4.52 Å². The fourth-order valence-corrected chi connectivity index (χ4v) is 4.31. The summed E-state index contributed by atoms with van der Waals surface area (Å²) in [6, 6.07) is 11.3. The molecule has 200 valence electrons. The summed E-state index contributed by atoms with van der Waals surface area (Å²) in [5, 5.41) is 24.7. The highest BCUT2D eigenvalue weighted by atomic mass is 16.5. The van der Waals surface area contributed by atoms with Crippen LogP contribution in [0.1, 0.15) is 52.3 Å². The lowest BCUT2D eigenvalue weighted by Crippen LogP contribution is -2.49. The molecule has 5 rings (SSSR count). The van der Waals surface area contributed by atoms with Gasteiger partial charge in [0.15, 0.2) is 5.75 Å². The van der Waals surface area contributed by atoms with Gasteiger partial charge in [-0.05, 0) is 44.9 Å². The molecule has 2 amide bonds. The molecule has 1 N–H and O–H groups in total. The predicted molar refractivity (Wildman–Crippen MR) is 144 cm³/mol. The van der Waals surface area contributed by atoms with Crippen molar-refractivity contribution in [1.82, 2.24) is 19.8 Å². The topological polar surface area (TPSA) is 137 Å². The Labute approximate surface area is 226 Å². The highest BCUT2D eigenvalue weighted by Gasteiger charge is 2.33. The van der Waals surface area contributed by atoms with Gasteiger partial charge in [-0.3, -0.25) is 9.59 Å². The third kappa shape index (κ3) is 5.27. The van der Waals surface area contributed by atoms with Gasteiger partial charge in [-0.15, -0.1) is 0 Å². The lowest BCUT2D eigenvalue weighted by molar-refractivity contribution is 0.0576. The predicted octanol–water partition coefficient (Wildman–Crippen LogP) is 5.00. The lowest BCUT2D eigenvalue weighted by Gasteiger charge is -2.35. The van der Waals surface area contributed by atoms with Gasteiger partial charge in [0.25, 0.3) is 11.8 Å². The summed E-state index contributed by atoms with van der Waals surface area (Å²) in [5.74, 6) is 1.40. The van der Waals surface area contributed by atoms with E-state index in [0.717, 1.165) is 12.0 Å². The molecule has 0 aliphatic carbocycles. The summed E-state index contributed by atoms with van der Waals surface area (Å²) < 4.78 is 13.6. The van der Waals surface area contributed by atoms with Crippen LogP contribution in [0.5, 0.6) is 11.5 Å². The van der Waals surface area contributed by atoms with E-state index in [2.05, 4.69) is 22.6 Å². The summed E-state index contributed by atoms with van der Waals surface area (Å²) in [6.45, 7) is 8.41. The first-order chi connectivity index (χ1) is 18.7. The molecule has 4 heterocycles. The average molecular weight is 527 g/mol. The average Bonchev–Trinajstić information content (AvgIpc) is 3.43. The van der Waals surface area contributed by atoms with E-state index in [0.29, 0.717) is 58.0 Å². The number of ether oxygens (including phenoxy) is 1. The Kier molecular flexibility index (Phi) is 7.87. The lowest BCUT2D eigenvalue weighted by atomic mass is 10.0. The molecule has 1 fully saturated rings. The number of nitriles is 2. The van der Waals surface area contributed by atoms with E-state index in [4.69, 9.17) is 19.7 Å². The maximum atomic E-state index is 12.9. The molecule has 0 bridgehead atoms. The Bertz CT molecular complexity index is 1630. The molecule has 1 unspecified atom stereocenters. The quantitative estimate of drug-likeness (QED) is 0.386. The van der Waals surface area contributed by atoms with Crippen LogP contribution >= 0.6 is 0 Å². The number of rotatable bonds is 5. The molecule has 39 heavy (non-hydrogen) atoms. The van der Waals surface area contributed by atoms with Gasteiger partial charge in [0.2, 0.25) is 0 Å². The molecule has 1 aliphatic rings. The summed E-state index contributed by atoms with van der Waals surface area (Å²) in [7, 11) is 1.58. The van der Waals surface area contributed by atoms with E-state index in [1.165, 1.54) is 0 Å².